The van der Waals surface area contributed by atoms with Crippen LogP contribution < -0.4 is 10.2 Å². The minimum atomic E-state index is -0.439. The summed E-state index contributed by atoms with van der Waals surface area (Å²) < 4.78 is 0. The monoisotopic (exact) mass is 436 g/mol. The van der Waals surface area contributed by atoms with Crippen molar-refractivity contribution < 1.29 is 4.92 Å². The van der Waals surface area contributed by atoms with E-state index in [0.29, 0.717) is 11.4 Å². The van der Waals surface area contributed by atoms with Crippen LogP contribution in [0.15, 0.2) is 94.1 Å². The Balaban J connectivity index is 1.50. The number of benzene rings is 4. The maximum Gasteiger partial charge on any atom is 0.269 e. The molecule has 1 N–H and O–H groups in total. The summed E-state index contributed by atoms with van der Waals surface area (Å²) in [6.07, 6.45) is 0. The fraction of sp³-hybridized carbons (Fsp3) is 0.0800. The van der Waals surface area contributed by atoms with E-state index in [4.69, 9.17) is 4.99 Å². The number of anilines is 2. The van der Waals surface area contributed by atoms with E-state index < -0.39 is 4.92 Å². The molecule has 0 aliphatic carbocycles. The molecule has 0 fully saturated rings. The number of nitrogens with zero attached hydrogens (tertiary/aromatic N) is 5. The Labute approximate surface area is 190 Å². The maximum absolute atomic E-state index is 10.8. The molecule has 1 aliphatic heterocycles. The molecule has 1 aliphatic rings. The number of nitrogens with one attached hydrogen (secondary N) is 1. The Morgan fingerprint density at radius 2 is 1.67 bits per heavy atom. The van der Waals surface area contributed by atoms with Gasteiger partial charge >= 0.3 is 0 Å². The zero-order valence-corrected chi connectivity index (χ0v) is 18.1. The predicted octanol–water partition coefficient (Wildman–Crippen LogP) is 6.73. The third-order valence-electron chi connectivity index (χ3n) is 5.47. The zero-order chi connectivity index (χ0) is 22.9. The van der Waals surface area contributed by atoms with Gasteiger partial charge in [0.25, 0.3) is 5.69 Å². The maximum atomic E-state index is 10.8. The number of amidine groups is 1. The first-order chi connectivity index (χ1) is 16.0. The average Bonchev–Trinajstić information content (AvgIpc) is 2.84. The number of rotatable bonds is 5. The van der Waals surface area contributed by atoms with Crippen LogP contribution in [0.4, 0.5) is 34.1 Å². The number of hydrogen-bond donors (Lipinski definition) is 1. The number of hydrogen-bond acceptors (Lipinski definition) is 7. The molecule has 5 rings (SSSR count). The van der Waals surface area contributed by atoms with E-state index in [-0.39, 0.29) is 5.69 Å². The molecule has 33 heavy (non-hydrogen) atoms. The molecule has 4 aromatic rings. The highest BCUT2D eigenvalue weighted by atomic mass is 16.6. The molecule has 0 amide bonds. The lowest BCUT2D eigenvalue weighted by Gasteiger charge is -2.20. The van der Waals surface area contributed by atoms with Gasteiger partial charge in [-0.25, -0.2) is 4.99 Å². The van der Waals surface area contributed by atoms with Gasteiger partial charge in [-0.3, -0.25) is 10.1 Å². The lowest BCUT2D eigenvalue weighted by atomic mass is 10.0. The first-order valence-electron chi connectivity index (χ1n) is 10.3. The van der Waals surface area contributed by atoms with Gasteiger partial charge in [-0.1, -0.05) is 12.1 Å². The SMILES string of the molecule is CN(C)c1ccc(C2=Nc3ccc(/N=N/c4ccc([N+](=O)[O-])cc4)c4cccc(c34)N2)cc1. The first kappa shape index (κ1) is 20.3. The Morgan fingerprint density at radius 3 is 2.36 bits per heavy atom. The van der Waals surface area contributed by atoms with Gasteiger partial charge in [-0.15, -0.1) is 5.11 Å². The van der Waals surface area contributed by atoms with Crippen LogP contribution in [0.25, 0.3) is 10.8 Å². The molecule has 0 unspecified atom stereocenters. The van der Waals surface area contributed by atoms with Crippen LogP contribution in [0.2, 0.25) is 0 Å². The Morgan fingerprint density at radius 1 is 0.909 bits per heavy atom. The third-order valence-corrected chi connectivity index (χ3v) is 5.47. The van der Waals surface area contributed by atoms with Crippen molar-refractivity contribution in [3.8, 4) is 0 Å². The molecule has 0 saturated heterocycles. The van der Waals surface area contributed by atoms with Crippen molar-refractivity contribution in [2.45, 2.75) is 0 Å². The second-order valence-corrected chi connectivity index (χ2v) is 7.83. The van der Waals surface area contributed by atoms with Gasteiger partial charge in [0.1, 0.15) is 5.84 Å². The van der Waals surface area contributed by atoms with Crippen molar-refractivity contribution in [2.75, 3.05) is 24.3 Å². The summed E-state index contributed by atoms with van der Waals surface area (Å²) in [7, 11) is 4.03. The van der Waals surface area contributed by atoms with Crippen LogP contribution in [0.1, 0.15) is 5.56 Å². The van der Waals surface area contributed by atoms with Crippen molar-refractivity contribution in [1.82, 2.24) is 0 Å². The van der Waals surface area contributed by atoms with Crippen LogP contribution in [-0.2, 0) is 0 Å². The Hall–Kier alpha value is -4.59. The van der Waals surface area contributed by atoms with Crippen molar-refractivity contribution in [3.63, 3.8) is 0 Å². The van der Waals surface area contributed by atoms with Gasteiger partial charge in [0.05, 0.1) is 22.0 Å². The Bertz CT molecular complexity index is 1420. The smallest absolute Gasteiger partial charge is 0.269 e. The molecule has 4 aromatic carbocycles. The van der Waals surface area contributed by atoms with E-state index in [1.165, 1.54) is 12.1 Å². The Kier molecular flexibility index (Phi) is 5.02. The van der Waals surface area contributed by atoms with E-state index in [0.717, 1.165) is 39.2 Å². The summed E-state index contributed by atoms with van der Waals surface area (Å²) in [6, 6.07) is 24.0. The summed E-state index contributed by atoms with van der Waals surface area (Å²) >= 11 is 0. The number of nitro benzene ring substituents is 1. The lowest BCUT2D eigenvalue weighted by Crippen LogP contribution is -2.16. The molecule has 0 radical (unpaired) electrons. The highest BCUT2D eigenvalue weighted by Gasteiger charge is 2.17. The molecule has 0 spiro atoms. The van der Waals surface area contributed by atoms with Crippen LogP contribution in [0, 0.1) is 10.1 Å². The molecule has 8 nitrogen and oxygen atoms in total. The molecule has 8 heteroatoms. The highest BCUT2D eigenvalue weighted by Crippen LogP contribution is 2.41. The summed E-state index contributed by atoms with van der Waals surface area (Å²) in [5.74, 6) is 0.792. The zero-order valence-electron chi connectivity index (χ0n) is 18.1. The fourth-order valence-electron chi connectivity index (χ4n) is 3.74. The number of non-ortho nitro benzene ring substituents is 1. The van der Waals surface area contributed by atoms with E-state index in [1.54, 1.807) is 12.1 Å². The molecular weight excluding hydrogens is 416 g/mol. The second-order valence-electron chi connectivity index (χ2n) is 7.83. The minimum absolute atomic E-state index is 0.0200. The van der Waals surface area contributed by atoms with Crippen molar-refractivity contribution in [3.05, 3.63) is 94.5 Å². The van der Waals surface area contributed by atoms with Gasteiger partial charge < -0.3 is 10.2 Å². The minimum Gasteiger partial charge on any atom is -0.378 e. The van der Waals surface area contributed by atoms with Gasteiger partial charge in [0.2, 0.25) is 0 Å². The van der Waals surface area contributed by atoms with Gasteiger partial charge in [0, 0.05) is 53.9 Å². The highest BCUT2D eigenvalue weighted by molar-refractivity contribution is 6.20. The normalized spacial score (nSPS) is 12.5. The van der Waals surface area contributed by atoms with Crippen LogP contribution in [-0.4, -0.2) is 24.9 Å². The fourth-order valence-corrected chi connectivity index (χ4v) is 3.74. The summed E-state index contributed by atoms with van der Waals surface area (Å²) in [5.41, 5.74) is 5.21. The summed E-state index contributed by atoms with van der Waals surface area (Å²) in [4.78, 5) is 17.3. The van der Waals surface area contributed by atoms with Crippen LogP contribution >= 0.6 is 0 Å². The van der Waals surface area contributed by atoms with Gasteiger partial charge in [-0.2, -0.15) is 5.11 Å². The van der Waals surface area contributed by atoms with E-state index >= 15 is 0 Å². The molecule has 1 heterocycles. The second kappa shape index (κ2) is 8.16. The summed E-state index contributed by atoms with van der Waals surface area (Å²) in [6.45, 7) is 0. The first-order valence-corrected chi connectivity index (χ1v) is 10.3. The topological polar surface area (TPSA) is 95.5 Å². The molecule has 0 saturated carbocycles. The van der Waals surface area contributed by atoms with E-state index in [1.807, 2.05) is 44.4 Å². The summed E-state index contributed by atoms with van der Waals surface area (Å²) in [5, 5.41) is 24.8. The van der Waals surface area contributed by atoms with Gasteiger partial charge in [-0.05, 0) is 54.6 Å². The van der Waals surface area contributed by atoms with E-state index in [2.05, 4.69) is 44.7 Å². The number of azo groups is 1. The van der Waals surface area contributed by atoms with Crippen LogP contribution in [0.5, 0.6) is 0 Å². The largest absolute Gasteiger partial charge is 0.378 e. The molecule has 0 atom stereocenters. The van der Waals surface area contributed by atoms with Crippen molar-refractivity contribution in [2.24, 2.45) is 15.2 Å². The molecule has 0 aromatic heterocycles. The third kappa shape index (κ3) is 3.89. The number of aliphatic imine (C=N–C) groups is 1. The predicted molar refractivity (Wildman–Crippen MR) is 132 cm³/mol. The van der Waals surface area contributed by atoms with E-state index in [9.17, 15) is 10.1 Å². The van der Waals surface area contributed by atoms with Gasteiger partial charge in [0.15, 0.2) is 0 Å². The van der Waals surface area contributed by atoms with Crippen molar-refractivity contribution >= 4 is 50.7 Å². The quantitative estimate of drug-likeness (QED) is 0.213. The van der Waals surface area contributed by atoms with Crippen molar-refractivity contribution in [1.29, 1.82) is 0 Å². The average molecular weight is 436 g/mol. The lowest BCUT2D eigenvalue weighted by molar-refractivity contribution is -0.384. The number of nitro groups is 1. The molecule has 162 valence electrons. The molecule has 0 bridgehead atoms. The van der Waals surface area contributed by atoms with Crippen LogP contribution in [0.3, 0.4) is 0 Å². The molecular formula is C25H20N6O2. The standard InChI is InChI=1S/C25H20N6O2/c1-30(2)18-10-6-16(7-11-18)25-26-22-5-3-4-20-21(14-15-23(27-25)24(20)22)29-28-17-8-12-19(13-9-17)31(32)33/h3-15H,1-2H3,(H,26,27)/b29-28+.